The molecule has 0 fully saturated rings. The van der Waals surface area contributed by atoms with Crippen molar-refractivity contribution in [2.75, 3.05) is 60.2 Å². The number of rotatable bonds is 19. The molecule has 0 spiro atoms. The molecule has 4 aromatic carbocycles. The first-order valence-corrected chi connectivity index (χ1v) is 16.7. The number of methoxy groups -OCH3 is 2. The van der Waals surface area contributed by atoms with Crippen molar-refractivity contribution < 1.29 is 32.2 Å². The van der Waals surface area contributed by atoms with E-state index in [1.807, 2.05) is 60.7 Å². The fraction of sp³-hybridized carbons (Fsp3) is 0.359. The van der Waals surface area contributed by atoms with E-state index in [0.717, 1.165) is 22.8 Å². The zero-order chi connectivity index (χ0) is 35.1. The minimum atomic E-state index is -4.55. The zero-order valence-corrected chi connectivity index (χ0v) is 30.0. The Kier molecular flexibility index (Phi) is 17.1. The van der Waals surface area contributed by atoms with E-state index < -0.39 is 11.7 Å². The molecule has 0 aliphatic rings. The number of hydrogen-bond acceptors (Lipinski definition) is 5. The van der Waals surface area contributed by atoms with Crippen LogP contribution in [0, 0.1) is 0 Å². The van der Waals surface area contributed by atoms with Crippen LogP contribution in [0.25, 0.3) is 0 Å². The molecule has 50 heavy (non-hydrogen) atoms. The van der Waals surface area contributed by atoms with Gasteiger partial charge in [-0.25, -0.2) is 0 Å². The predicted molar refractivity (Wildman–Crippen MR) is 194 cm³/mol. The molecule has 0 atom stereocenters. The second-order valence-corrected chi connectivity index (χ2v) is 12.2. The van der Waals surface area contributed by atoms with Gasteiger partial charge in [-0.15, -0.1) is 12.4 Å². The van der Waals surface area contributed by atoms with Gasteiger partial charge in [-0.1, -0.05) is 96.5 Å². The Morgan fingerprint density at radius 2 is 1.38 bits per heavy atom. The van der Waals surface area contributed by atoms with Gasteiger partial charge in [-0.3, -0.25) is 9.69 Å². The molecular weight excluding hydrogens is 688 g/mol. The van der Waals surface area contributed by atoms with E-state index in [0.29, 0.717) is 63.7 Å². The molecule has 0 N–H and O–H groups in total. The summed E-state index contributed by atoms with van der Waals surface area (Å²) in [4.78, 5) is 16.9. The average Bonchev–Trinajstić information content (AvgIpc) is 3.10. The summed E-state index contributed by atoms with van der Waals surface area (Å²) in [6, 6.07) is 31.7. The van der Waals surface area contributed by atoms with Crippen molar-refractivity contribution in [3.05, 3.63) is 136 Å². The molecule has 0 saturated heterocycles. The van der Waals surface area contributed by atoms with Gasteiger partial charge in [0.05, 0.1) is 36.8 Å². The molecule has 270 valence electrons. The van der Waals surface area contributed by atoms with Gasteiger partial charge < -0.3 is 19.1 Å². The highest BCUT2D eigenvalue weighted by atomic mass is 35.5. The van der Waals surface area contributed by atoms with Gasteiger partial charge in [-0.2, -0.15) is 13.2 Å². The van der Waals surface area contributed by atoms with E-state index in [2.05, 4.69) is 29.2 Å². The van der Waals surface area contributed by atoms with Gasteiger partial charge in [0.25, 0.3) is 0 Å². The summed E-state index contributed by atoms with van der Waals surface area (Å²) < 4.78 is 57.6. The van der Waals surface area contributed by atoms with Crippen molar-refractivity contribution in [2.45, 2.75) is 31.5 Å². The summed E-state index contributed by atoms with van der Waals surface area (Å²) in [6.45, 7) is 3.55. The third kappa shape index (κ3) is 12.6. The Morgan fingerprint density at radius 1 is 0.780 bits per heavy atom. The van der Waals surface area contributed by atoms with Crippen molar-refractivity contribution in [1.29, 1.82) is 0 Å². The second-order valence-electron chi connectivity index (χ2n) is 11.8. The van der Waals surface area contributed by atoms with E-state index in [1.165, 1.54) is 6.07 Å². The molecule has 0 aliphatic heterocycles. The van der Waals surface area contributed by atoms with Crippen LogP contribution in [0.2, 0.25) is 5.02 Å². The lowest BCUT2D eigenvalue weighted by molar-refractivity contribution is -0.137. The van der Waals surface area contributed by atoms with E-state index in [-0.39, 0.29) is 42.2 Å². The highest BCUT2D eigenvalue weighted by Crippen LogP contribution is 2.37. The number of amides is 1. The lowest BCUT2D eigenvalue weighted by atomic mass is 9.90. The molecule has 0 saturated carbocycles. The largest absolute Gasteiger partial charge is 0.494 e. The third-order valence-electron chi connectivity index (χ3n) is 8.25. The Balaban J connectivity index is 0.00000676. The number of alkyl halides is 3. The molecule has 0 bridgehead atoms. The number of halogens is 5. The van der Waals surface area contributed by atoms with E-state index in [9.17, 15) is 18.0 Å². The van der Waals surface area contributed by atoms with E-state index in [4.69, 9.17) is 25.8 Å². The van der Waals surface area contributed by atoms with Gasteiger partial charge in [0.15, 0.2) is 0 Å². The minimum Gasteiger partial charge on any atom is -0.494 e. The molecule has 0 unspecified atom stereocenters. The van der Waals surface area contributed by atoms with Gasteiger partial charge in [0.2, 0.25) is 5.91 Å². The lowest BCUT2D eigenvalue weighted by Gasteiger charge is -2.29. The highest BCUT2D eigenvalue weighted by molar-refractivity contribution is 6.32. The quantitative estimate of drug-likeness (QED) is 0.0905. The molecule has 6 nitrogen and oxygen atoms in total. The van der Waals surface area contributed by atoms with E-state index >= 15 is 0 Å². The number of benzene rings is 4. The maximum atomic E-state index is 13.7. The van der Waals surface area contributed by atoms with Gasteiger partial charge in [-0.05, 0) is 46.9 Å². The summed E-state index contributed by atoms with van der Waals surface area (Å²) in [6.07, 6.45) is -3.72. The normalized spacial score (nSPS) is 11.4. The number of ether oxygens (including phenoxy) is 3. The molecular formula is C39H45Cl2F3N2O4. The average molecular weight is 734 g/mol. The van der Waals surface area contributed by atoms with Crippen LogP contribution in [0.1, 0.15) is 40.2 Å². The molecule has 11 heteroatoms. The number of carbonyl (C=O) groups is 1. The Morgan fingerprint density at radius 3 is 1.96 bits per heavy atom. The fourth-order valence-electron chi connectivity index (χ4n) is 5.70. The zero-order valence-electron chi connectivity index (χ0n) is 28.4. The first-order chi connectivity index (χ1) is 23.7. The topological polar surface area (TPSA) is 51.2 Å². The summed E-state index contributed by atoms with van der Waals surface area (Å²) in [5.74, 6) is 0.598. The van der Waals surface area contributed by atoms with Crippen LogP contribution < -0.4 is 4.74 Å². The molecule has 0 radical (unpaired) electrons. The van der Waals surface area contributed by atoms with Crippen molar-refractivity contribution in [3.63, 3.8) is 0 Å². The van der Waals surface area contributed by atoms with Gasteiger partial charge >= 0.3 is 6.18 Å². The van der Waals surface area contributed by atoms with Crippen LogP contribution in [-0.4, -0.2) is 75.9 Å². The number of hydrogen-bond donors (Lipinski definition) is 0. The summed E-state index contributed by atoms with van der Waals surface area (Å²) in [5, 5.41) is -0.276. The monoisotopic (exact) mass is 732 g/mol. The predicted octanol–water partition coefficient (Wildman–Crippen LogP) is 8.55. The minimum absolute atomic E-state index is 0. The Labute approximate surface area is 304 Å². The van der Waals surface area contributed by atoms with Crippen LogP contribution in [0.4, 0.5) is 13.2 Å². The molecule has 0 aliphatic carbocycles. The third-order valence-corrected chi connectivity index (χ3v) is 8.69. The van der Waals surface area contributed by atoms with E-state index in [1.54, 1.807) is 25.2 Å². The van der Waals surface area contributed by atoms with Crippen molar-refractivity contribution in [1.82, 2.24) is 9.80 Å². The first-order valence-electron chi connectivity index (χ1n) is 16.3. The van der Waals surface area contributed by atoms with Crippen LogP contribution in [0.15, 0.2) is 103 Å². The molecule has 0 aromatic heterocycles. The number of carbonyl (C=O) groups excluding carboxylic acids is 1. The second kappa shape index (κ2) is 20.9. The van der Waals surface area contributed by atoms with Crippen molar-refractivity contribution in [3.8, 4) is 5.75 Å². The molecule has 1 amide bonds. The SMILES string of the molecule is COCCN(CCOC)C(=O)Cc1cccc(OCCCN(Cc2cccc(C(F)(F)F)c2Cl)CC(c2ccccc2)c2ccccc2)c1.Cl. The molecule has 4 rings (SSSR count). The lowest BCUT2D eigenvalue weighted by Crippen LogP contribution is -2.37. The maximum absolute atomic E-state index is 13.7. The van der Waals surface area contributed by atoms with Gasteiger partial charge in [0, 0.05) is 52.9 Å². The Bertz CT molecular complexity index is 1530. The summed E-state index contributed by atoms with van der Waals surface area (Å²) in [5.41, 5.74) is 2.63. The highest BCUT2D eigenvalue weighted by Gasteiger charge is 2.34. The number of nitrogens with zero attached hydrogens (tertiary/aromatic N) is 2. The van der Waals surface area contributed by atoms with Crippen LogP contribution in [0.3, 0.4) is 0 Å². The van der Waals surface area contributed by atoms with Crippen LogP contribution in [-0.2, 0) is 33.4 Å². The summed E-state index contributed by atoms with van der Waals surface area (Å²) >= 11 is 6.36. The fourth-order valence-corrected chi connectivity index (χ4v) is 6.00. The Hall–Kier alpha value is -3.60. The smallest absolute Gasteiger partial charge is 0.417 e. The van der Waals surface area contributed by atoms with Gasteiger partial charge in [0.1, 0.15) is 5.75 Å². The molecule has 4 aromatic rings. The first kappa shape index (κ1) is 40.8. The molecule has 0 heterocycles. The van der Waals surface area contributed by atoms with Crippen LogP contribution >= 0.6 is 24.0 Å². The summed E-state index contributed by atoms with van der Waals surface area (Å²) in [7, 11) is 3.20. The standard InChI is InChI=1S/C39H44ClF3N2O4.ClH/c1-47-24-21-45(22-25-48-2)37(46)27-30-12-9-18-34(26-30)49-23-11-20-44(28-33-17-10-19-36(38(33)40)39(41,42)43)29-35(31-13-5-3-6-14-31)32-15-7-4-8-16-32;/h3-10,12-19,26,35H,11,20-25,27-29H2,1-2H3;1H. The van der Waals surface area contributed by atoms with Crippen molar-refractivity contribution >= 4 is 29.9 Å². The van der Waals surface area contributed by atoms with Crippen molar-refractivity contribution in [2.24, 2.45) is 0 Å². The van der Waals surface area contributed by atoms with Crippen LogP contribution in [0.5, 0.6) is 5.75 Å². The maximum Gasteiger partial charge on any atom is 0.417 e.